The highest BCUT2D eigenvalue weighted by molar-refractivity contribution is 5.93. The Kier molecular flexibility index (Phi) is 9.96. The number of carbonyl (C=O) groups excluding carboxylic acids is 2. The number of nitrogens with zero attached hydrogens (tertiary/aromatic N) is 1. The van der Waals surface area contributed by atoms with Crippen LogP contribution in [-0.4, -0.2) is 56.8 Å². The maximum Gasteiger partial charge on any atom is 0.387 e. The van der Waals surface area contributed by atoms with Crippen LogP contribution >= 0.6 is 0 Å². The summed E-state index contributed by atoms with van der Waals surface area (Å²) in [6.07, 6.45) is 0.415. The first-order valence-electron chi connectivity index (χ1n) is 9.79. The van der Waals surface area contributed by atoms with E-state index in [9.17, 15) is 28.5 Å². The molecular formula is C21H23F2N3O7. The highest BCUT2D eigenvalue weighted by Crippen LogP contribution is 2.25. The minimum absolute atomic E-state index is 0.0312. The zero-order chi connectivity index (χ0) is 24.2. The van der Waals surface area contributed by atoms with E-state index in [1.807, 2.05) is 0 Å². The van der Waals surface area contributed by atoms with Gasteiger partial charge in [0.15, 0.2) is 6.61 Å². The number of amides is 1. The molecule has 2 rings (SSSR count). The van der Waals surface area contributed by atoms with E-state index in [2.05, 4.69) is 15.4 Å². The fraction of sp³-hybridized carbons (Fsp3) is 0.333. The second kappa shape index (κ2) is 12.9. The smallest absolute Gasteiger partial charge is 0.387 e. The molecule has 2 N–H and O–H groups in total. The van der Waals surface area contributed by atoms with E-state index in [0.29, 0.717) is 19.6 Å². The Morgan fingerprint density at radius 1 is 1.12 bits per heavy atom. The van der Waals surface area contributed by atoms with Gasteiger partial charge in [-0.2, -0.15) is 8.78 Å². The van der Waals surface area contributed by atoms with Gasteiger partial charge in [-0.25, -0.2) is 4.79 Å². The van der Waals surface area contributed by atoms with Crippen LogP contribution in [0.4, 0.5) is 20.2 Å². The van der Waals surface area contributed by atoms with E-state index in [1.54, 1.807) is 12.1 Å². The van der Waals surface area contributed by atoms with Crippen molar-refractivity contribution in [2.45, 2.75) is 13.0 Å². The second-order valence-corrected chi connectivity index (χ2v) is 6.61. The Labute approximate surface area is 188 Å². The minimum atomic E-state index is -2.90. The van der Waals surface area contributed by atoms with Crippen LogP contribution in [0.3, 0.4) is 0 Å². The van der Waals surface area contributed by atoms with Crippen LogP contribution in [0.5, 0.6) is 5.75 Å². The molecule has 0 aliphatic carbocycles. The average molecular weight is 467 g/mol. The lowest BCUT2D eigenvalue weighted by atomic mass is 10.1. The van der Waals surface area contributed by atoms with Gasteiger partial charge in [0.05, 0.1) is 17.1 Å². The van der Waals surface area contributed by atoms with Crippen molar-refractivity contribution in [3.05, 3.63) is 63.7 Å². The minimum Gasteiger partial charge on any atom is -0.452 e. The van der Waals surface area contributed by atoms with Gasteiger partial charge in [-0.1, -0.05) is 12.1 Å². The fourth-order valence-electron chi connectivity index (χ4n) is 2.70. The van der Waals surface area contributed by atoms with Crippen LogP contribution in [0.2, 0.25) is 0 Å². The molecule has 0 atom stereocenters. The number of carbonyl (C=O) groups is 2. The number of ether oxygens (including phenoxy) is 3. The van der Waals surface area contributed by atoms with Gasteiger partial charge in [0.1, 0.15) is 11.4 Å². The molecule has 0 bridgehead atoms. The van der Waals surface area contributed by atoms with Gasteiger partial charge >= 0.3 is 12.6 Å². The lowest BCUT2D eigenvalue weighted by Crippen LogP contribution is -2.30. The number of hydrogen-bond donors (Lipinski definition) is 2. The number of nitrogens with one attached hydrogen (secondary N) is 2. The standard InChI is InChI=1S/C21H23F2N3O7/c1-31-11-10-24-17-7-4-15(12-18(17)26(29)30)20(28)32-13-19(27)25-9-8-14-2-5-16(6-3-14)33-21(22)23/h2-7,12,21,24H,8-11,13H2,1H3,(H,25,27). The van der Waals surface area contributed by atoms with Gasteiger partial charge in [-0.05, 0) is 36.2 Å². The molecule has 0 aliphatic rings. The van der Waals surface area contributed by atoms with E-state index in [-0.39, 0.29) is 29.2 Å². The summed E-state index contributed by atoms with van der Waals surface area (Å²) >= 11 is 0. The van der Waals surface area contributed by atoms with Crippen molar-refractivity contribution < 1.29 is 37.5 Å². The maximum absolute atomic E-state index is 12.2. The first-order chi connectivity index (χ1) is 15.8. The first-order valence-corrected chi connectivity index (χ1v) is 9.79. The first kappa shape index (κ1) is 25.5. The molecule has 0 fully saturated rings. The Bertz CT molecular complexity index is 955. The average Bonchev–Trinajstić information content (AvgIpc) is 2.78. The molecule has 12 heteroatoms. The highest BCUT2D eigenvalue weighted by Gasteiger charge is 2.19. The van der Waals surface area contributed by atoms with Gasteiger partial charge in [0.2, 0.25) is 0 Å². The summed E-state index contributed by atoms with van der Waals surface area (Å²) in [7, 11) is 1.50. The summed E-state index contributed by atoms with van der Waals surface area (Å²) in [5.74, 6) is -1.41. The number of rotatable bonds is 13. The molecule has 0 heterocycles. The largest absolute Gasteiger partial charge is 0.452 e. The molecule has 0 saturated heterocycles. The highest BCUT2D eigenvalue weighted by atomic mass is 19.3. The van der Waals surface area contributed by atoms with Gasteiger partial charge in [0.25, 0.3) is 11.6 Å². The summed E-state index contributed by atoms with van der Waals surface area (Å²) in [5.41, 5.74) is 0.619. The summed E-state index contributed by atoms with van der Waals surface area (Å²) < 4.78 is 38.3. The molecule has 0 spiro atoms. The summed E-state index contributed by atoms with van der Waals surface area (Å²) in [6, 6.07) is 9.75. The molecule has 178 valence electrons. The SMILES string of the molecule is COCCNc1ccc(C(=O)OCC(=O)NCCc2ccc(OC(F)F)cc2)cc1[N+](=O)[O-]. The van der Waals surface area contributed by atoms with Crippen molar-refractivity contribution in [2.24, 2.45) is 0 Å². The number of alkyl halides is 2. The Balaban J connectivity index is 1.80. The monoisotopic (exact) mass is 467 g/mol. The third kappa shape index (κ3) is 8.69. The molecule has 0 unspecified atom stereocenters. The molecule has 33 heavy (non-hydrogen) atoms. The fourth-order valence-corrected chi connectivity index (χ4v) is 2.70. The van der Waals surface area contributed by atoms with Crippen molar-refractivity contribution in [1.82, 2.24) is 5.32 Å². The van der Waals surface area contributed by atoms with Crippen molar-refractivity contribution in [3.8, 4) is 5.75 Å². The van der Waals surface area contributed by atoms with Crippen molar-refractivity contribution in [3.63, 3.8) is 0 Å². The number of anilines is 1. The van der Waals surface area contributed by atoms with Gasteiger partial charge in [0, 0.05) is 26.3 Å². The molecule has 0 saturated carbocycles. The van der Waals surface area contributed by atoms with E-state index in [1.165, 1.54) is 31.4 Å². The quantitative estimate of drug-likeness (QED) is 0.199. The van der Waals surface area contributed by atoms with Crippen molar-refractivity contribution in [1.29, 1.82) is 0 Å². The van der Waals surface area contributed by atoms with E-state index in [4.69, 9.17) is 9.47 Å². The molecule has 2 aromatic rings. The van der Waals surface area contributed by atoms with E-state index in [0.717, 1.165) is 11.6 Å². The maximum atomic E-state index is 12.2. The van der Waals surface area contributed by atoms with Gasteiger partial charge in [-0.15, -0.1) is 0 Å². The van der Waals surface area contributed by atoms with Gasteiger partial charge in [-0.3, -0.25) is 14.9 Å². The number of halogens is 2. The molecule has 0 aliphatic heterocycles. The lowest BCUT2D eigenvalue weighted by Gasteiger charge is -2.09. The third-order valence-corrected chi connectivity index (χ3v) is 4.27. The molecule has 0 radical (unpaired) electrons. The number of methoxy groups -OCH3 is 1. The van der Waals surface area contributed by atoms with E-state index < -0.39 is 30.0 Å². The van der Waals surface area contributed by atoms with Crippen LogP contribution in [0.25, 0.3) is 0 Å². The normalized spacial score (nSPS) is 10.5. The Morgan fingerprint density at radius 2 is 1.85 bits per heavy atom. The number of nitro benzene ring substituents is 1. The van der Waals surface area contributed by atoms with Crippen molar-refractivity contribution >= 4 is 23.3 Å². The lowest BCUT2D eigenvalue weighted by molar-refractivity contribution is -0.384. The van der Waals surface area contributed by atoms with E-state index >= 15 is 0 Å². The molecule has 1 amide bonds. The summed E-state index contributed by atoms with van der Waals surface area (Å²) in [5, 5.41) is 16.7. The third-order valence-electron chi connectivity index (χ3n) is 4.27. The number of nitro groups is 1. The summed E-state index contributed by atoms with van der Waals surface area (Å²) in [6.45, 7) is -2.57. The summed E-state index contributed by atoms with van der Waals surface area (Å²) in [4.78, 5) is 34.7. The van der Waals surface area contributed by atoms with Crippen LogP contribution in [-0.2, 0) is 20.7 Å². The predicted octanol–water partition coefficient (Wildman–Crippen LogP) is 2.77. The number of benzene rings is 2. The second-order valence-electron chi connectivity index (χ2n) is 6.61. The van der Waals surface area contributed by atoms with Crippen LogP contribution < -0.4 is 15.4 Å². The Morgan fingerprint density at radius 3 is 2.48 bits per heavy atom. The van der Waals surface area contributed by atoms with Crippen LogP contribution in [0, 0.1) is 10.1 Å². The predicted molar refractivity (Wildman–Crippen MR) is 114 cm³/mol. The van der Waals surface area contributed by atoms with Gasteiger partial charge < -0.3 is 24.8 Å². The zero-order valence-electron chi connectivity index (χ0n) is 17.7. The number of hydrogen-bond acceptors (Lipinski definition) is 8. The molecular weight excluding hydrogens is 444 g/mol. The van der Waals surface area contributed by atoms with Crippen LogP contribution in [0.15, 0.2) is 42.5 Å². The molecule has 10 nitrogen and oxygen atoms in total. The molecule has 0 aromatic heterocycles. The molecule has 2 aromatic carbocycles. The zero-order valence-corrected chi connectivity index (χ0v) is 17.7. The topological polar surface area (TPSA) is 129 Å². The van der Waals surface area contributed by atoms with Crippen molar-refractivity contribution in [2.75, 3.05) is 38.7 Å². The Hall–Kier alpha value is -3.80. The van der Waals surface area contributed by atoms with Crippen LogP contribution in [0.1, 0.15) is 15.9 Å². The number of esters is 1.